The van der Waals surface area contributed by atoms with Crippen molar-refractivity contribution in [3.63, 3.8) is 0 Å². The summed E-state index contributed by atoms with van der Waals surface area (Å²) in [4.78, 5) is 4.08. The maximum Gasteiger partial charge on any atom is 0.229 e. The zero-order valence-electron chi connectivity index (χ0n) is 9.21. The molecule has 3 rings (SSSR count). The highest BCUT2D eigenvalue weighted by molar-refractivity contribution is 7.13. The fraction of sp³-hybridized carbons (Fsp3) is 0.250. The van der Waals surface area contributed by atoms with Gasteiger partial charge in [0.05, 0.1) is 0 Å². The molecule has 2 heterocycles. The van der Waals surface area contributed by atoms with Crippen LogP contribution in [0.25, 0.3) is 0 Å². The molecule has 1 atom stereocenters. The molecule has 17 heavy (non-hydrogen) atoms. The van der Waals surface area contributed by atoms with Gasteiger partial charge in [-0.15, -0.1) is 16.5 Å². The first-order valence-electron chi connectivity index (χ1n) is 5.56. The first-order chi connectivity index (χ1) is 8.42. The average Bonchev–Trinajstić information content (AvgIpc) is 2.89. The number of anilines is 1. The lowest BCUT2D eigenvalue weighted by Gasteiger charge is -2.22. The summed E-state index contributed by atoms with van der Waals surface area (Å²) in [6.07, 6.45) is 3.83. The number of benzene rings is 1. The van der Waals surface area contributed by atoms with Gasteiger partial charge in [0.1, 0.15) is 6.17 Å². The number of fused-ring (bicyclic) bond motifs is 1. The van der Waals surface area contributed by atoms with Gasteiger partial charge in [0.2, 0.25) is 5.13 Å². The van der Waals surface area contributed by atoms with Crippen molar-refractivity contribution in [1.29, 1.82) is 0 Å². The highest BCUT2D eigenvalue weighted by atomic mass is 32.1. The molecule has 1 unspecified atom stereocenters. The van der Waals surface area contributed by atoms with Crippen molar-refractivity contribution < 1.29 is 0 Å². The second-order valence-corrected chi connectivity index (χ2v) is 4.76. The van der Waals surface area contributed by atoms with E-state index in [0.717, 1.165) is 12.8 Å². The molecule has 4 nitrogen and oxygen atoms in total. The van der Waals surface area contributed by atoms with E-state index in [0.29, 0.717) is 5.13 Å². The van der Waals surface area contributed by atoms with Crippen LogP contribution in [0.5, 0.6) is 0 Å². The summed E-state index contributed by atoms with van der Waals surface area (Å²) in [6, 6.07) is 8.33. The van der Waals surface area contributed by atoms with Crippen LogP contribution in [-0.4, -0.2) is 11.1 Å². The SMILES string of the molecule is c1ccc2c(c1)CCC(N=Nc1nccs1)N2. The summed E-state index contributed by atoms with van der Waals surface area (Å²) in [5, 5.41) is 14.4. The number of aryl methyl sites for hydroxylation is 1. The Kier molecular flexibility index (Phi) is 2.83. The van der Waals surface area contributed by atoms with E-state index in [4.69, 9.17) is 0 Å². The number of nitrogens with zero attached hydrogens (tertiary/aromatic N) is 3. The molecular weight excluding hydrogens is 232 g/mol. The van der Waals surface area contributed by atoms with Gasteiger partial charge in [-0.2, -0.15) is 5.11 Å². The molecule has 2 aromatic rings. The molecule has 1 N–H and O–H groups in total. The van der Waals surface area contributed by atoms with Crippen molar-refractivity contribution in [2.75, 3.05) is 5.32 Å². The first-order valence-corrected chi connectivity index (χ1v) is 6.44. The summed E-state index contributed by atoms with van der Waals surface area (Å²) >= 11 is 1.50. The fourth-order valence-corrected chi connectivity index (χ4v) is 2.35. The number of hydrogen-bond acceptors (Lipinski definition) is 5. The minimum atomic E-state index is 0.0637. The largest absolute Gasteiger partial charge is 0.362 e. The molecule has 0 amide bonds. The van der Waals surface area contributed by atoms with Gasteiger partial charge in [-0.25, -0.2) is 4.98 Å². The predicted molar refractivity (Wildman–Crippen MR) is 68.8 cm³/mol. The lowest BCUT2D eigenvalue weighted by molar-refractivity contribution is 0.631. The molecule has 1 aromatic carbocycles. The fourth-order valence-electron chi connectivity index (χ4n) is 1.89. The minimum Gasteiger partial charge on any atom is -0.362 e. The van der Waals surface area contributed by atoms with Crippen molar-refractivity contribution in [2.24, 2.45) is 10.2 Å². The Morgan fingerprint density at radius 2 is 2.29 bits per heavy atom. The number of azo groups is 1. The van der Waals surface area contributed by atoms with E-state index in [1.807, 2.05) is 11.4 Å². The van der Waals surface area contributed by atoms with Crippen molar-refractivity contribution in [1.82, 2.24) is 4.98 Å². The Morgan fingerprint density at radius 1 is 1.35 bits per heavy atom. The van der Waals surface area contributed by atoms with Gasteiger partial charge >= 0.3 is 0 Å². The second kappa shape index (κ2) is 4.63. The van der Waals surface area contributed by atoms with E-state index >= 15 is 0 Å². The highest BCUT2D eigenvalue weighted by Gasteiger charge is 2.16. The monoisotopic (exact) mass is 244 g/mol. The molecule has 1 aliphatic rings. The number of aromatic nitrogens is 1. The molecule has 1 aromatic heterocycles. The highest BCUT2D eigenvalue weighted by Crippen LogP contribution is 2.25. The Morgan fingerprint density at radius 3 is 3.18 bits per heavy atom. The van der Waals surface area contributed by atoms with E-state index in [2.05, 4.69) is 38.7 Å². The molecule has 1 aliphatic heterocycles. The summed E-state index contributed by atoms with van der Waals surface area (Å²) in [5.41, 5.74) is 2.52. The van der Waals surface area contributed by atoms with Crippen LogP contribution >= 0.6 is 11.3 Å². The zero-order valence-corrected chi connectivity index (χ0v) is 10.0. The number of hydrogen-bond donors (Lipinski definition) is 1. The topological polar surface area (TPSA) is 49.6 Å². The first kappa shape index (κ1) is 10.4. The minimum absolute atomic E-state index is 0.0637. The lowest BCUT2D eigenvalue weighted by Crippen LogP contribution is -2.22. The molecule has 0 radical (unpaired) electrons. The van der Waals surface area contributed by atoms with E-state index in [9.17, 15) is 0 Å². The third-order valence-electron chi connectivity index (χ3n) is 2.73. The van der Waals surface area contributed by atoms with Gasteiger partial charge in [-0.1, -0.05) is 18.2 Å². The van der Waals surface area contributed by atoms with E-state index < -0.39 is 0 Å². The number of rotatable bonds is 2. The van der Waals surface area contributed by atoms with Crippen LogP contribution in [0.15, 0.2) is 46.1 Å². The number of para-hydroxylation sites is 1. The molecular formula is C12H12N4S. The molecule has 5 heteroatoms. The summed E-state index contributed by atoms with van der Waals surface area (Å²) in [7, 11) is 0. The van der Waals surface area contributed by atoms with Crippen molar-refractivity contribution in [2.45, 2.75) is 19.0 Å². The molecule has 86 valence electrons. The van der Waals surface area contributed by atoms with Crippen LogP contribution in [-0.2, 0) is 6.42 Å². The number of nitrogens with one attached hydrogen (secondary N) is 1. The van der Waals surface area contributed by atoms with Crippen LogP contribution in [0.3, 0.4) is 0 Å². The van der Waals surface area contributed by atoms with Crippen molar-refractivity contribution in [3.8, 4) is 0 Å². The van der Waals surface area contributed by atoms with Crippen LogP contribution in [0, 0.1) is 0 Å². The summed E-state index contributed by atoms with van der Waals surface area (Å²) in [5.74, 6) is 0. The van der Waals surface area contributed by atoms with E-state index in [1.165, 1.54) is 22.6 Å². The van der Waals surface area contributed by atoms with Gasteiger partial charge in [-0.3, -0.25) is 0 Å². The van der Waals surface area contributed by atoms with Gasteiger partial charge < -0.3 is 5.32 Å². The van der Waals surface area contributed by atoms with Gasteiger partial charge in [0, 0.05) is 17.3 Å². The smallest absolute Gasteiger partial charge is 0.229 e. The quantitative estimate of drug-likeness (QED) is 0.820. The maximum atomic E-state index is 4.29. The van der Waals surface area contributed by atoms with Crippen molar-refractivity contribution in [3.05, 3.63) is 41.4 Å². The van der Waals surface area contributed by atoms with Crippen LogP contribution in [0.2, 0.25) is 0 Å². The standard InChI is InChI=1S/C12H12N4S/c1-2-4-10-9(3-1)5-6-11(14-10)15-16-12-13-7-8-17-12/h1-4,7-8,11,14H,5-6H2. The Balaban J connectivity index is 1.72. The molecule has 0 saturated heterocycles. The third-order valence-corrected chi connectivity index (χ3v) is 3.38. The van der Waals surface area contributed by atoms with E-state index in [-0.39, 0.29) is 6.17 Å². The molecule has 0 saturated carbocycles. The van der Waals surface area contributed by atoms with Gasteiger partial charge in [0.15, 0.2) is 0 Å². The Labute approximate surface area is 103 Å². The molecule has 0 bridgehead atoms. The lowest BCUT2D eigenvalue weighted by atomic mass is 10.0. The molecule has 0 spiro atoms. The Bertz CT molecular complexity index is 521. The average molecular weight is 244 g/mol. The van der Waals surface area contributed by atoms with Crippen LogP contribution < -0.4 is 5.32 Å². The van der Waals surface area contributed by atoms with E-state index in [1.54, 1.807) is 6.20 Å². The summed E-state index contributed by atoms with van der Waals surface area (Å²) in [6.45, 7) is 0. The second-order valence-electron chi connectivity index (χ2n) is 3.89. The maximum absolute atomic E-state index is 4.29. The van der Waals surface area contributed by atoms with Crippen molar-refractivity contribution >= 4 is 22.2 Å². The third kappa shape index (κ3) is 2.34. The van der Waals surface area contributed by atoms with Gasteiger partial charge in [0.25, 0.3) is 0 Å². The van der Waals surface area contributed by atoms with Crippen LogP contribution in [0.1, 0.15) is 12.0 Å². The summed E-state index contributed by atoms with van der Waals surface area (Å²) < 4.78 is 0. The Hall–Kier alpha value is -1.75. The molecule has 0 fully saturated rings. The normalized spacial score (nSPS) is 18.9. The predicted octanol–water partition coefficient (Wildman–Crippen LogP) is 3.61. The number of thiazole rings is 1. The van der Waals surface area contributed by atoms with Crippen LogP contribution in [0.4, 0.5) is 10.8 Å². The molecule has 0 aliphatic carbocycles. The van der Waals surface area contributed by atoms with Gasteiger partial charge in [-0.05, 0) is 24.5 Å². The zero-order chi connectivity index (χ0) is 11.5.